The fourth-order valence-electron chi connectivity index (χ4n) is 0.573. The fraction of sp³-hybridized carbons (Fsp3) is 0.500. The molecule has 0 rings (SSSR count). The highest BCUT2D eigenvalue weighted by Gasteiger charge is 2.54. The van der Waals surface area contributed by atoms with Gasteiger partial charge in [0.25, 0.3) is 0 Å². The molecule has 0 heterocycles. The van der Waals surface area contributed by atoms with Gasteiger partial charge in [0, 0.05) is 6.21 Å². The molecule has 0 bridgehead atoms. The maximum atomic E-state index is 12.3. The molecule has 0 aromatic carbocycles. The largest absolute Gasteiger partial charge is 0.425 e. The van der Waals surface area contributed by atoms with Gasteiger partial charge in [-0.15, -0.1) is 0 Å². The summed E-state index contributed by atoms with van der Waals surface area (Å²) in [5, 5.41) is 0. The van der Waals surface area contributed by atoms with Gasteiger partial charge >= 0.3 is 12.4 Å². The van der Waals surface area contributed by atoms with Crippen LogP contribution in [0.3, 0.4) is 0 Å². The summed E-state index contributed by atoms with van der Waals surface area (Å²) in [4.78, 5) is 2.31. The van der Waals surface area contributed by atoms with Crippen LogP contribution in [0.1, 0.15) is 6.92 Å². The zero-order valence-electron chi connectivity index (χ0n) is 6.67. The second-order valence-electron chi connectivity index (χ2n) is 2.05. The van der Waals surface area contributed by atoms with E-state index in [1.807, 2.05) is 0 Å². The second kappa shape index (κ2) is 3.97. The minimum absolute atomic E-state index is 0.493. The number of aliphatic imine (C=N–C) groups is 1. The molecule has 0 saturated heterocycles. The predicted octanol–water partition coefficient (Wildman–Crippen LogP) is 3.38. The van der Waals surface area contributed by atoms with Crippen molar-refractivity contribution in [1.29, 1.82) is 0 Å². The number of hydrogen-bond donors (Lipinski definition) is 0. The van der Waals surface area contributed by atoms with Crippen molar-refractivity contribution in [3.8, 4) is 0 Å². The van der Waals surface area contributed by atoms with Crippen molar-refractivity contribution in [2.75, 3.05) is 0 Å². The quantitative estimate of drug-likeness (QED) is 0.367. The average Bonchev–Trinajstić information content (AvgIpc) is 1.78. The molecular formula is C6H4F7N. The smallest absolute Gasteiger partial charge is 0.233 e. The van der Waals surface area contributed by atoms with Crippen LogP contribution in [0.5, 0.6) is 0 Å². The van der Waals surface area contributed by atoms with E-state index in [0.29, 0.717) is 6.21 Å². The molecule has 0 atom stereocenters. The lowest BCUT2D eigenvalue weighted by Crippen LogP contribution is -2.27. The second-order valence-corrected chi connectivity index (χ2v) is 2.05. The van der Waals surface area contributed by atoms with Crippen LogP contribution >= 0.6 is 0 Å². The van der Waals surface area contributed by atoms with Crippen molar-refractivity contribution in [2.45, 2.75) is 19.3 Å². The summed E-state index contributed by atoms with van der Waals surface area (Å²) in [6.07, 6.45) is -11.1. The first-order valence-corrected chi connectivity index (χ1v) is 3.13. The molecule has 82 valence electrons. The molecule has 1 nitrogen and oxygen atoms in total. The minimum atomic E-state index is -5.81. The topological polar surface area (TPSA) is 12.4 Å². The molecule has 0 aliphatic heterocycles. The summed E-state index contributed by atoms with van der Waals surface area (Å²) in [5.74, 6) is -2.59. The number of halogens is 7. The summed E-state index contributed by atoms with van der Waals surface area (Å²) >= 11 is 0. The molecule has 8 heteroatoms. The van der Waals surface area contributed by atoms with Crippen molar-refractivity contribution in [2.24, 2.45) is 4.99 Å². The van der Waals surface area contributed by atoms with Crippen molar-refractivity contribution in [3.05, 3.63) is 11.5 Å². The lowest BCUT2D eigenvalue weighted by atomic mass is 10.2. The summed E-state index contributed by atoms with van der Waals surface area (Å²) in [7, 11) is 0. The Labute approximate surface area is 73.9 Å². The highest BCUT2D eigenvalue weighted by Crippen LogP contribution is 2.41. The van der Waals surface area contributed by atoms with Gasteiger partial charge < -0.3 is 0 Å². The number of alkyl halides is 6. The Morgan fingerprint density at radius 3 is 1.57 bits per heavy atom. The first-order valence-electron chi connectivity index (χ1n) is 3.13. The fourth-order valence-corrected chi connectivity index (χ4v) is 0.573. The summed E-state index contributed by atoms with van der Waals surface area (Å²) in [6.45, 7) is 0.990. The molecule has 0 aromatic heterocycles. The van der Waals surface area contributed by atoms with Crippen LogP contribution < -0.4 is 0 Å². The number of allylic oxidation sites excluding steroid dienone is 1. The highest BCUT2D eigenvalue weighted by atomic mass is 19.4. The normalized spacial score (nSPS) is 13.4. The standard InChI is InChI=1S/C6H4F7N/c1-2-14-4(7)3(5(8,9)10)6(11,12)13/h2H,1H3/b14-2+. The Kier molecular flexibility index (Phi) is 3.66. The lowest BCUT2D eigenvalue weighted by molar-refractivity contribution is -0.174. The van der Waals surface area contributed by atoms with E-state index in [9.17, 15) is 30.7 Å². The van der Waals surface area contributed by atoms with E-state index in [1.54, 1.807) is 0 Å². The van der Waals surface area contributed by atoms with Crippen LogP contribution in [-0.2, 0) is 0 Å². The number of hydrogen-bond acceptors (Lipinski definition) is 1. The van der Waals surface area contributed by atoms with E-state index >= 15 is 0 Å². The average molecular weight is 223 g/mol. The third-order valence-electron chi connectivity index (χ3n) is 1.02. The predicted molar refractivity (Wildman–Crippen MR) is 34.4 cm³/mol. The van der Waals surface area contributed by atoms with Gasteiger partial charge in [0.15, 0.2) is 5.57 Å². The SMILES string of the molecule is C/C=N/C(F)=C(C(F)(F)F)C(F)(F)F. The van der Waals surface area contributed by atoms with Gasteiger partial charge in [-0.3, -0.25) is 0 Å². The van der Waals surface area contributed by atoms with Gasteiger partial charge in [-0.1, -0.05) is 0 Å². The van der Waals surface area contributed by atoms with Gasteiger partial charge in [0.2, 0.25) is 5.95 Å². The summed E-state index contributed by atoms with van der Waals surface area (Å²) in [6, 6.07) is 0. The zero-order chi connectivity index (χ0) is 11.6. The highest BCUT2D eigenvalue weighted by molar-refractivity contribution is 5.55. The molecule has 0 fully saturated rings. The van der Waals surface area contributed by atoms with Gasteiger partial charge in [-0.2, -0.15) is 30.7 Å². The third kappa shape index (κ3) is 3.35. The molecule has 0 amide bonds. The summed E-state index contributed by atoms with van der Waals surface area (Å²) in [5.41, 5.74) is -3.23. The van der Waals surface area contributed by atoms with Crippen LogP contribution in [-0.4, -0.2) is 18.6 Å². The van der Waals surface area contributed by atoms with E-state index in [-0.39, 0.29) is 0 Å². The Morgan fingerprint density at radius 2 is 1.36 bits per heavy atom. The van der Waals surface area contributed by atoms with Gasteiger partial charge in [-0.25, -0.2) is 4.99 Å². The number of nitrogens with zero attached hydrogens (tertiary/aromatic N) is 1. The van der Waals surface area contributed by atoms with Crippen molar-refractivity contribution in [3.63, 3.8) is 0 Å². The Bertz CT molecular complexity index is 240. The van der Waals surface area contributed by atoms with E-state index in [4.69, 9.17) is 0 Å². The van der Waals surface area contributed by atoms with Gasteiger partial charge in [0.1, 0.15) is 0 Å². The van der Waals surface area contributed by atoms with Crippen LogP contribution in [0, 0.1) is 0 Å². The molecule has 0 aliphatic carbocycles. The third-order valence-corrected chi connectivity index (χ3v) is 1.02. The van der Waals surface area contributed by atoms with E-state index in [2.05, 4.69) is 4.99 Å². The molecule has 0 aromatic rings. The van der Waals surface area contributed by atoms with Crippen LogP contribution in [0.15, 0.2) is 16.5 Å². The van der Waals surface area contributed by atoms with Crippen LogP contribution in [0.2, 0.25) is 0 Å². The Balaban J connectivity index is 5.45. The minimum Gasteiger partial charge on any atom is -0.233 e. The molecule has 0 unspecified atom stereocenters. The van der Waals surface area contributed by atoms with Crippen LogP contribution in [0.4, 0.5) is 30.7 Å². The molecule has 0 N–H and O–H groups in total. The molecular weight excluding hydrogens is 219 g/mol. The van der Waals surface area contributed by atoms with E-state index in [0.717, 1.165) is 6.92 Å². The van der Waals surface area contributed by atoms with Gasteiger partial charge in [-0.05, 0) is 6.92 Å². The first kappa shape index (κ1) is 12.9. The molecule has 0 spiro atoms. The Morgan fingerprint density at radius 1 is 1.00 bits per heavy atom. The molecule has 0 aliphatic rings. The van der Waals surface area contributed by atoms with Gasteiger partial charge in [0.05, 0.1) is 0 Å². The van der Waals surface area contributed by atoms with E-state index < -0.39 is 23.9 Å². The Hall–Kier alpha value is -1.08. The van der Waals surface area contributed by atoms with Crippen molar-refractivity contribution < 1.29 is 30.7 Å². The zero-order valence-corrected chi connectivity index (χ0v) is 6.67. The maximum absolute atomic E-state index is 12.3. The number of rotatable bonds is 1. The van der Waals surface area contributed by atoms with E-state index in [1.165, 1.54) is 0 Å². The summed E-state index contributed by atoms with van der Waals surface area (Å²) < 4.78 is 82.5. The first-order chi connectivity index (χ1) is 6.10. The van der Waals surface area contributed by atoms with Crippen LogP contribution in [0.25, 0.3) is 0 Å². The molecule has 0 saturated carbocycles. The monoisotopic (exact) mass is 223 g/mol. The lowest BCUT2D eigenvalue weighted by Gasteiger charge is -2.13. The maximum Gasteiger partial charge on any atom is 0.425 e. The van der Waals surface area contributed by atoms with Crippen molar-refractivity contribution in [1.82, 2.24) is 0 Å². The molecule has 0 radical (unpaired) electrons. The molecule has 14 heavy (non-hydrogen) atoms. The van der Waals surface area contributed by atoms with Crippen molar-refractivity contribution >= 4 is 6.21 Å².